The molecule has 2 aliphatic heterocycles. The van der Waals surface area contributed by atoms with Crippen LogP contribution >= 0.6 is 0 Å². The first-order chi connectivity index (χ1) is 9.88. The molecule has 0 spiro atoms. The Kier molecular flexibility index (Phi) is 4.00. The molecule has 0 bridgehead atoms. The van der Waals surface area contributed by atoms with Crippen LogP contribution in [0.1, 0.15) is 39.5 Å². The zero-order chi connectivity index (χ0) is 15.2. The Labute approximate surface area is 126 Å². The van der Waals surface area contributed by atoms with Gasteiger partial charge in [-0.25, -0.2) is 8.42 Å². The van der Waals surface area contributed by atoms with Gasteiger partial charge in [0.15, 0.2) is 0 Å². The highest BCUT2D eigenvalue weighted by atomic mass is 32.2. The van der Waals surface area contributed by atoms with Gasteiger partial charge in [0.25, 0.3) is 0 Å². The topological polar surface area (TPSA) is 75.7 Å². The maximum absolute atomic E-state index is 12.3. The molecular weight excluding hydrogens is 292 g/mol. The second-order valence-electron chi connectivity index (χ2n) is 6.71. The molecule has 0 aromatic rings. The Balaban J connectivity index is 1.61. The van der Waals surface area contributed by atoms with Gasteiger partial charge in [0.2, 0.25) is 15.9 Å². The van der Waals surface area contributed by atoms with Crippen molar-refractivity contribution in [2.45, 2.75) is 63.0 Å². The summed E-state index contributed by atoms with van der Waals surface area (Å²) in [6, 6.07) is 0.0930. The number of nitrogens with zero attached hydrogens (tertiary/aromatic N) is 1. The zero-order valence-electron chi connectivity index (χ0n) is 12.6. The number of piperidine rings is 1. The summed E-state index contributed by atoms with van der Waals surface area (Å²) in [6.45, 7) is 4.82. The fourth-order valence-corrected chi connectivity index (χ4v) is 5.12. The van der Waals surface area contributed by atoms with Crippen molar-refractivity contribution in [3.63, 3.8) is 0 Å². The summed E-state index contributed by atoms with van der Waals surface area (Å²) in [6.07, 6.45) is 2.52. The fourth-order valence-electron chi connectivity index (χ4n) is 3.26. The van der Waals surface area contributed by atoms with Gasteiger partial charge in [-0.3, -0.25) is 4.79 Å². The molecule has 1 saturated carbocycles. The lowest BCUT2D eigenvalue weighted by Gasteiger charge is -2.33. The third kappa shape index (κ3) is 3.10. The van der Waals surface area contributed by atoms with Crippen LogP contribution in [0.2, 0.25) is 0 Å². The normalized spacial score (nSPS) is 34.0. The number of hydrogen-bond donors (Lipinski definition) is 1. The first kappa shape index (κ1) is 15.2. The minimum absolute atomic E-state index is 0.0731. The van der Waals surface area contributed by atoms with E-state index in [0.717, 1.165) is 19.3 Å². The van der Waals surface area contributed by atoms with E-state index in [1.165, 1.54) is 0 Å². The minimum atomic E-state index is -3.13. The van der Waals surface area contributed by atoms with Crippen molar-refractivity contribution in [3.8, 4) is 0 Å². The molecule has 120 valence electrons. The number of ether oxygens (including phenoxy) is 1. The summed E-state index contributed by atoms with van der Waals surface area (Å²) in [7, 11) is -3.13. The van der Waals surface area contributed by atoms with E-state index in [1.807, 2.05) is 13.8 Å². The molecule has 3 rings (SSSR count). The number of nitrogens with one attached hydrogen (secondary N) is 1. The second kappa shape index (κ2) is 5.52. The van der Waals surface area contributed by atoms with Crippen LogP contribution in [0.5, 0.6) is 0 Å². The number of fused-ring (bicyclic) bond motifs is 1. The van der Waals surface area contributed by atoms with Crippen LogP contribution in [0.25, 0.3) is 0 Å². The molecule has 2 heterocycles. The summed E-state index contributed by atoms with van der Waals surface area (Å²) in [4.78, 5) is 12.0. The maximum atomic E-state index is 12.3. The highest BCUT2D eigenvalue weighted by Crippen LogP contribution is 2.37. The van der Waals surface area contributed by atoms with Crippen LogP contribution in [0.15, 0.2) is 0 Å². The van der Waals surface area contributed by atoms with Gasteiger partial charge in [-0.15, -0.1) is 0 Å². The zero-order valence-corrected chi connectivity index (χ0v) is 13.4. The SMILES string of the molecule is CC(C)NC(=O)[C@@H]1C[C@@H]2CCN(S(=O)(=O)C3CC3)C[C@H]2O1. The Morgan fingerprint density at radius 1 is 1.29 bits per heavy atom. The van der Waals surface area contributed by atoms with Crippen molar-refractivity contribution in [3.05, 3.63) is 0 Å². The molecule has 0 aromatic carbocycles. The fraction of sp³-hybridized carbons (Fsp3) is 0.929. The van der Waals surface area contributed by atoms with Crippen LogP contribution < -0.4 is 5.32 Å². The minimum Gasteiger partial charge on any atom is -0.363 e. The second-order valence-corrected chi connectivity index (χ2v) is 8.93. The van der Waals surface area contributed by atoms with Crippen LogP contribution in [0.3, 0.4) is 0 Å². The summed E-state index contributed by atoms with van der Waals surface area (Å²) in [5, 5.41) is 2.70. The van der Waals surface area contributed by atoms with Crippen LogP contribution in [0.4, 0.5) is 0 Å². The van der Waals surface area contributed by atoms with Crippen molar-refractivity contribution in [1.82, 2.24) is 9.62 Å². The summed E-state index contributed by atoms with van der Waals surface area (Å²) < 4.78 is 32.0. The van der Waals surface area contributed by atoms with Crippen molar-refractivity contribution in [1.29, 1.82) is 0 Å². The first-order valence-electron chi connectivity index (χ1n) is 7.82. The van der Waals surface area contributed by atoms with Gasteiger partial charge in [0.1, 0.15) is 6.10 Å². The highest BCUT2D eigenvalue weighted by Gasteiger charge is 2.47. The largest absolute Gasteiger partial charge is 0.363 e. The maximum Gasteiger partial charge on any atom is 0.249 e. The molecule has 21 heavy (non-hydrogen) atoms. The molecule has 3 fully saturated rings. The summed E-state index contributed by atoms with van der Waals surface area (Å²) in [5.74, 6) is 0.231. The van der Waals surface area contributed by atoms with Crippen LogP contribution in [-0.4, -0.2) is 55.2 Å². The van der Waals surface area contributed by atoms with E-state index < -0.39 is 16.1 Å². The Hall–Kier alpha value is -0.660. The lowest BCUT2D eigenvalue weighted by Crippen LogP contribution is -2.46. The molecule has 7 heteroatoms. The molecule has 6 nitrogen and oxygen atoms in total. The van der Waals surface area contributed by atoms with Crippen molar-refractivity contribution < 1.29 is 17.9 Å². The van der Waals surface area contributed by atoms with E-state index in [2.05, 4.69) is 5.32 Å². The number of rotatable bonds is 4. The van der Waals surface area contributed by atoms with E-state index >= 15 is 0 Å². The average Bonchev–Trinajstić information content (AvgIpc) is 3.17. The molecule has 0 radical (unpaired) electrons. The van der Waals surface area contributed by atoms with E-state index in [9.17, 15) is 13.2 Å². The smallest absolute Gasteiger partial charge is 0.249 e. The van der Waals surface area contributed by atoms with E-state index in [-0.39, 0.29) is 23.3 Å². The first-order valence-corrected chi connectivity index (χ1v) is 9.33. The van der Waals surface area contributed by atoms with Gasteiger partial charge in [-0.2, -0.15) is 4.31 Å². The van der Waals surface area contributed by atoms with Gasteiger partial charge in [-0.1, -0.05) is 0 Å². The lowest BCUT2D eigenvalue weighted by atomic mass is 9.93. The van der Waals surface area contributed by atoms with Crippen LogP contribution in [-0.2, 0) is 19.6 Å². The van der Waals surface area contributed by atoms with Crippen molar-refractivity contribution >= 4 is 15.9 Å². The Morgan fingerprint density at radius 3 is 2.62 bits per heavy atom. The lowest BCUT2D eigenvalue weighted by molar-refractivity contribution is -0.133. The average molecular weight is 316 g/mol. The van der Waals surface area contributed by atoms with Crippen molar-refractivity contribution in [2.24, 2.45) is 5.92 Å². The molecule has 3 aliphatic rings. The molecule has 1 amide bonds. The number of carbonyl (C=O) groups is 1. The summed E-state index contributed by atoms with van der Waals surface area (Å²) >= 11 is 0. The molecule has 0 unspecified atom stereocenters. The van der Waals surface area contributed by atoms with Gasteiger partial charge >= 0.3 is 0 Å². The molecule has 3 atom stereocenters. The monoisotopic (exact) mass is 316 g/mol. The van der Waals surface area contributed by atoms with Gasteiger partial charge < -0.3 is 10.1 Å². The third-order valence-corrected chi connectivity index (χ3v) is 6.91. The molecule has 2 saturated heterocycles. The molecular formula is C14H24N2O4S. The molecule has 1 N–H and O–H groups in total. The Morgan fingerprint density at radius 2 is 2.00 bits per heavy atom. The van der Waals surface area contributed by atoms with E-state index in [4.69, 9.17) is 4.74 Å². The van der Waals surface area contributed by atoms with Crippen LogP contribution in [0, 0.1) is 5.92 Å². The predicted molar refractivity (Wildman–Crippen MR) is 78.2 cm³/mol. The number of sulfonamides is 1. The Bertz CT molecular complexity index is 515. The molecule has 0 aromatic heterocycles. The number of amides is 1. The standard InChI is InChI=1S/C14H24N2O4S/c1-9(2)15-14(17)12-7-10-5-6-16(8-13(10)20-12)21(18,19)11-3-4-11/h9-13H,3-8H2,1-2H3,(H,15,17)/t10-,12-,13+/m0/s1. The number of carbonyl (C=O) groups excluding carboxylic acids is 1. The van der Waals surface area contributed by atoms with Crippen molar-refractivity contribution in [2.75, 3.05) is 13.1 Å². The molecule has 1 aliphatic carbocycles. The highest BCUT2D eigenvalue weighted by molar-refractivity contribution is 7.90. The summed E-state index contributed by atoms with van der Waals surface area (Å²) in [5.41, 5.74) is 0. The number of hydrogen-bond acceptors (Lipinski definition) is 4. The third-order valence-electron chi connectivity index (χ3n) is 4.54. The van der Waals surface area contributed by atoms with E-state index in [1.54, 1.807) is 4.31 Å². The van der Waals surface area contributed by atoms with Gasteiger partial charge in [0, 0.05) is 19.1 Å². The quantitative estimate of drug-likeness (QED) is 0.819. The van der Waals surface area contributed by atoms with Gasteiger partial charge in [0.05, 0.1) is 11.4 Å². The van der Waals surface area contributed by atoms with Gasteiger partial charge in [-0.05, 0) is 45.4 Å². The predicted octanol–water partition coefficient (Wildman–Crippen LogP) is 0.483. The van der Waals surface area contributed by atoms with E-state index in [0.29, 0.717) is 25.4 Å².